The van der Waals surface area contributed by atoms with Crippen LogP contribution in [0.1, 0.15) is 27.8 Å². The molecule has 0 aliphatic carbocycles. The lowest BCUT2D eigenvalue weighted by Gasteiger charge is -2.18. The molecule has 0 N–H and O–H groups in total. The van der Waals surface area contributed by atoms with Gasteiger partial charge in [-0.3, -0.25) is 4.79 Å². The van der Waals surface area contributed by atoms with Gasteiger partial charge in [0.25, 0.3) is 5.91 Å². The van der Waals surface area contributed by atoms with Gasteiger partial charge in [0.15, 0.2) is 20.3 Å². The molecule has 1 aromatic carbocycles. The summed E-state index contributed by atoms with van der Waals surface area (Å²) >= 11 is 3.16. The van der Waals surface area contributed by atoms with Gasteiger partial charge in [0.2, 0.25) is 0 Å². The minimum Gasteiger partial charge on any atom is -0.444 e. The fourth-order valence-electron chi connectivity index (χ4n) is 2.77. The predicted octanol–water partition coefficient (Wildman–Crippen LogP) is 3.04. The number of hydrogen-bond acceptors (Lipinski definition) is 4. The maximum absolute atomic E-state index is 12.5. The van der Waals surface area contributed by atoms with Crippen molar-refractivity contribution in [2.24, 2.45) is 0 Å². The van der Waals surface area contributed by atoms with Crippen LogP contribution in [0, 0.1) is 0 Å². The third kappa shape index (κ3) is 3.50. The number of benzene rings is 1. The second kappa shape index (κ2) is 6.49. The van der Waals surface area contributed by atoms with E-state index >= 15 is 0 Å². The smallest absolute Gasteiger partial charge is 0.289 e. The Hall–Kier alpha value is -1.60. The van der Waals surface area contributed by atoms with Gasteiger partial charge in [0, 0.05) is 13.1 Å². The third-order valence-electron chi connectivity index (χ3n) is 3.98. The first kappa shape index (κ1) is 16.3. The Morgan fingerprint density at radius 2 is 1.87 bits per heavy atom. The summed E-state index contributed by atoms with van der Waals surface area (Å²) in [5, 5.41) is -0.565. The summed E-state index contributed by atoms with van der Waals surface area (Å²) < 4.78 is 30.8. The topological polar surface area (TPSA) is 67.6 Å². The molecule has 1 aromatic heterocycles. The predicted molar refractivity (Wildman–Crippen MR) is 89.9 cm³/mol. The minimum absolute atomic E-state index is 0.0415. The molecule has 1 aliphatic rings. The van der Waals surface area contributed by atoms with Crippen molar-refractivity contribution in [2.75, 3.05) is 18.8 Å². The highest BCUT2D eigenvalue weighted by atomic mass is 79.9. The van der Waals surface area contributed by atoms with Crippen molar-refractivity contribution in [2.45, 2.75) is 11.7 Å². The first-order valence-electron chi connectivity index (χ1n) is 7.28. The molecule has 3 rings (SSSR count). The van der Waals surface area contributed by atoms with Gasteiger partial charge in [-0.25, -0.2) is 8.42 Å². The number of carbonyl (C=O) groups excluding carboxylic acids is 1. The molecule has 23 heavy (non-hydrogen) atoms. The molecule has 7 heteroatoms. The largest absolute Gasteiger partial charge is 0.444 e. The summed E-state index contributed by atoms with van der Waals surface area (Å²) in [6.45, 7) is 0.568. The maximum atomic E-state index is 12.5. The van der Waals surface area contributed by atoms with Crippen molar-refractivity contribution in [1.29, 1.82) is 0 Å². The van der Waals surface area contributed by atoms with E-state index < -0.39 is 15.1 Å². The molecule has 1 saturated heterocycles. The van der Waals surface area contributed by atoms with E-state index in [1.807, 2.05) is 30.3 Å². The molecule has 2 heterocycles. The van der Waals surface area contributed by atoms with Crippen LogP contribution in [-0.2, 0) is 9.84 Å². The summed E-state index contributed by atoms with van der Waals surface area (Å²) in [7, 11) is -3.29. The fourth-order valence-corrected chi connectivity index (χ4v) is 4.88. The monoisotopic (exact) mass is 397 g/mol. The summed E-state index contributed by atoms with van der Waals surface area (Å²) in [6, 6.07) is 12.4. The van der Waals surface area contributed by atoms with Gasteiger partial charge in [-0.1, -0.05) is 30.3 Å². The van der Waals surface area contributed by atoms with Crippen molar-refractivity contribution in [1.82, 2.24) is 4.90 Å². The number of halogens is 1. The normalized spacial score (nSPS) is 20.9. The quantitative estimate of drug-likeness (QED) is 0.780. The molecule has 1 unspecified atom stereocenters. The van der Waals surface area contributed by atoms with Crippen LogP contribution in [0.3, 0.4) is 0 Å². The molecule has 0 spiro atoms. The van der Waals surface area contributed by atoms with E-state index in [0.717, 1.165) is 5.56 Å². The van der Waals surface area contributed by atoms with Crippen LogP contribution in [0.4, 0.5) is 0 Å². The average Bonchev–Trinajstić information content (AvgIpc) is 2.90. The van der Waals surface area contributed by atoms with E-state index in [2.05, 4.69) is 15.9 Å². The van der Waals surface area contributed by atoms with Gasteiger partial charge >= 0.3 is 0 Å². The summed E-state index contributed by atoms with van der Waals surface area (Å²) in [5.41, 5.74) is 0.780. The Balaban J connectivity index is 1.81. The van der Waals surface area contributed by atoms with Crippen LogP contribution >= 0.6 is 15.9 Å². The Kier molecular flexibility index (Phi) is 4.59. The average molecular weight is 398 g/mol. The molecule has 1 fully saturated rings. The molecule has 0 saturated carbocycles. The van der Waals surface area contributed by atoms with E-state index in [0.29, 0.717) is 17.6 Å². The highest BCUT2D eigenvalue weighted by Gasteiger charge is 2.33. The summed E-state index contributed by atoms with van der Waals surface area (Å²) in [6.07, 6.45) is 0.389. The second-order valence-corrected chi connectivity index (χ2v) is 8.54. The van der Waals surface area contributed by atoms with Crippen molar-refractivity contribution in [3.8, 4) is 0 Å². The van der Waals surface area contributed by atoms with Crippen LogP contribution in [-0.4, -0.2) is 38.1 Å². The molecule has 0 radical (unpaired) electrons. The molecule has 122 valence electrons. The number of hydrogen-bond donors (Lipinski definition) is 0. The lowest BCUT2D eigenvalue weighted by atomic mass is 10.1. The van der Waals surface area contributed by atoms with E-state index in [1.54, 1.807) is 17.0 Å². The zero-order chi connectivity index (χ0) is 16.4. The summed E-state index contributed by atoms with van der Waals surface area (Å²) in [4.78, 5) is 14.0. The standard InChI is InChI=1S/C16H16BrNO4S/c17-15-7-6-13(22-15)16(19)18-9-8-14(23(20,21)11-10-18)12-4-2-1-3-5-12/h1-7,14H,8-11H2. The number of nitrogens with zero attached hydrogens (tertiary/aromatic N) is 1. The number of furan rings is 1. The third-order valence-corrected chi connectivity index (χ3v) is 6.54. The Morgan fingerprint density at radius 1 is 1.13 bits per heavy atom. The number of sulfone groups is 1. The van der Waals surface area contributed by atoms with Crippen LogP contribution in [0.15, 0.2) is 51.6 Å². The van der Waals surface area contributed by atoms with Crippen molar-refractivity contribution < 1.29 is 17.6 Å². The fraction of sp³-hybridized carbons (Fsp3) is 0.312. The number of amides is 1. The number of carbonyl (C=O) groups is 1. The lowest BCUT2D eigenvalue weighted by molar-refractivity contribution is 0.0733. The molecule has 2 aromatic rings. The number of rotatable bonds is 2. The van der Waals surface area contributed by atoms with Gasteiger partial charge in [0.1, 0.15) is 0 Å². The van der Waals surface area contributed by atoms with E-state index in [9.17, 15) is 13.2 Å². The Bertz CT molecular complexity index is 800. The lowest BCUT2D eigenvalue weighted by Crippen LogP contribution is -2.33. The van der Waals surface area contributed by atoms with Crippen molar-refractivity contribution in [3.63, 3.8) is 0 Å². The van der Waals surface area contributed by atoms with Crippen molar-refractivity contribution in [3.05, 3.63) is 58.5 Å². The highest BCUT2D eigenvalue weighted by molar-refractivity contribution is 9.10. The molecule has 0 bridgehead atoms. The maximum Gasteiger partial charge on any atom is 0.289 e. The molecule has 1 amide bonds. The highest BCUT2D eigenvalue weighted by Crippen LogP contribution is 2.29. The van der Waals surface area contributed by atoms with Gasteiger partial charge in [0.05, 0.1) is 11.0 Å². The van der Waals surface area contributed by atoms with Gasteiger partial charge in [-0.15, -0.1) is 0 Å². The molecular formula is C16H16BrNO4S. The zero-order valence-electron chi connectivity index (χ0n) is 12.3. The Labute approximate surface area is 143 Å². The van der Waals surface area contributed by atoms with E-state index in [-0.39, 0.29) is 24.0 Å². The molecule has 1 atom stereocenters. The van der Waals surface area contributed by atoms with Crippen LogP contribution in [0.2, 0.25) is 0 Å². The van der Waals surface area contributed by atoms with Gasteiger partial charge in [-0.05, 0) is 40.0 Å². The molecule has 1 aliphatic heterocycles. The zero-order valence-corrected chi connectivity index (χ0v) is 14.7. The molecule has 5 nitrogen and oxygen atoms in total. The first-order valence-corrected chi connectivity index (χ1v) is 9.79. The molecular weight excluding hydrogens is 382 g/mol. The summed E-state index contributed by atoms with van der Waals surface area (Å²) in [5.74, 6) is -0.104. The van der Waals surface area contributed by atoms with Crippen LogP contribution in [0.25, 0.3) is 0 Å². The van der Waals surface area contributed by atoms with Gasteiger partial charge in [-0.2, -0.15) is 0 Å². The first-order chi connectivity index (χ1) is 11.0. The SMILES string of the molecule is O=C(c1ccc(Br)o1)N1CCC(c2ccccc2)S(=O)(=O)CC1. The Morgan fingerprint density at radius 3 is 2.52 bits per heavy atom. The van der Waals surface area contributed by atoms with Crippen LogP contribution < -0.4 is 0 Å². The van der Waals surface area contributed by atoms with E-state index in [4.69, 9.17) is 4.42 Å². The van der Waals surface area contributed by atoms with Gasteiger partial charge < -0.3 is 9.32 Å². The van der Waals surface area contributed by atoms with Crippen LogP contribution in [0.5, 0.6) is 0 Å². The van der Waals surface area contributed by atoms with Crippen molar-refractivity contribution >= 4 is 31.7 Å². The van der Waals surface area contributed by atoms with E-state index in [1.165, 1.54) is 0 Å². The second-order valence-electron chi connectivity index (χ2n) is 5.45. The minimum atomic E-state index is -3.29.